The van der Waals surface area contributed by atoms with Crippen LogP contribution in [0, 0.1) is 0 Å². The number of hydrogen-bond donors (Lipinski definition) is 1. The van der Waals surface area contributed by atoms with Gasteiger partial charge in [-0.15, -0.1) is 0 Å². The fourth-order valence-corrected chi connectivity index (χ4v) is 2.48. The molecular weight excluding hydrogens is 232 g/mol. The maximum atomic E-state index is 3.70. The van der Waals surface area contributed by atoms with Crippen molar-refractivity contribution < 1.29 is 0 Å². The van der Waals surface area contributed by atoms with Crippen molar-refractivity contribution in [1.82, 2.24) is 5.32 Å². The Morgan fingerprint density at radius 3 is 2.26 bits per heavy atom. The molecule has 0 heterocycles. The van der Waals surface area contributed by atoms with E-state index in [2.05, 4.69) is 61.4 Å². The second-order valence-corrected chi connectivity index (χ2v) is 5.34. The third-order valence-electron chi connectivity index (χ3n) is 3.57. The van der Waals surface area contributed by atoms with Crippen LogP contribution < -0.4 is 10.2 Å². The molecule has 0 saturated carbocycles. The second-order valence-electron chi connectivity index (χ2n) is 5.34. The molecule has 0 aliphatic rings. The molecule has 19 heavy (non-hydrogen) atoms. The average Bonchev–Trinajstić information content (AvgIpc) is 2.44. The first-order chi connectivity index (χ1) is 9.27. The summed E-state index contributed by atoms with van der Waals surface area (Å²) >= 11 is 0. The molecule has 0 spiro atoms. The third kappa shape index (κ3) is 6.63. The zero-order chi connectivity index (χ0) is 13.9. The highest BCUT2D eigenvalue weighted by molar-refractivity contribution is 5.44. The summed E-state index contributed by atoms with van der Waals surface area (Å²) in [5.74, 6) is 0. The van der Waals surface area contributed by atoms with Crippen molar-refractivity contribution in [2.45, 2.75) is 52.0 Å². The van der Waals surface area contributed by atoms with E-state index in [1.165, 1.54) is 37.8 Å². The summed E-state index contributed by atoms with van der Waals surface area (Å²) in [5.41, 5.74) is 1.31. The first kappa shape index (κ1) is 16.0. The highest BCUT2D eigenvalue weighted by Gasteiger charge is 2.05. The number of para-hydroxylation sites is 1. The molecule has 0 aliphatic heterocycles. The molecule has 108 valence electrons. The molecule has 1 rings (SSSR count). The monoisotopic (exact) mass is 262 g/mol. The summed E-state index contributed by atoms with van der Waals surface area (Å²) in [5, 5.41) is 3.70. The van der Waals surface area contributed by atoms with E-state index in [0.29, 0.717) is 0 Å². The first-order valence-corrected chi connectivity index (χ1v) is 7.77. The van der Waals surface area contributed by atoms with Crippen molar-refractivity contribution in [1.29, 1.82) is 0 Å². The van der Waals surface area contributed by atoms with Crippen molar-refractivity contribution in [2.75, 3.05) is 25.0 Å². The number of hydrogen-bond acceptors (Lipinski definition) is 2. The van der Waals surface area contributed by atoms with Gasteiger partial charge in [0.2, 0.25) is 0 Å². The number of nitrogens with one attached hydrogen (secondary N) is 1. The minimum atomic E-state index is 0.719. The molecule has 0 unspecified atom stereocenters. The number of benzene rings is 1. The van der Waals surface area contributed by atoms with E-state index in [4.69, 9.17) is 0 Å². The van der Waals surface area contributed by atoms with E-state index < -0.39 is 0 Å². The minimum absolute atomic E-state index is 0.719. The third-order valence-corrected chi connectivity index (χ3v) is 3.57. The van der Waals surface area contributed by atoms with Crippen LogP contribution in [0.3, 0.4) is 0 Å². The van der Waals surface area contributed by atoms with Gasteiger partial charge in [0.05, 0.1) is 0 Å². The van der Waals surface area contributed by atoms with Crippen molar-refractivity contribution in [3.8, 4) is 0 Å². The lowest BCUT2D eigenvalue weighted by Gasteiger charge is -2.21. The van der Waals surface area contributed by atoms with Gasteiger partial charge in [-0.1, -0.05) is 44.9 Å². The van der Waals surface area contributed by atoms with Gasteiger partial charge in [0.15, 0.2) is 0 Å². The minimum Gasteiger partial charge on any atom is -0.375 e. The highest BCUT2D eigenvalue weighted by Crippen LogP contribution is 2.11. The summed E-state index contributed by atoms with van der Waals surface area (Å²) in [4.78, 5) is 2.33. The van der Waals surface area contributed by atoms with Crippen LogP contribution in [0.2, 0.25) is 0 Å². The summed E-state index contributed by atoms with van der Waals surface area (Å²) in [6.45, 7) is 6.78. The largest absolute Gasteiger partial charge is 0.375 e. The van der Waals surface area contributed by atoms with Crippen LogP contribution in [0.5, 0.6) is 0 Å². The first-order valence-electron chi connectivity index (χ1n) is 7.77. The maximum Gasteiger partial charge on any atom is 0.0363 e. The van der Waals surface area contributed by atoms with Crippen molar-refractivity contribution in [3.05, 3.63) is 30.3 Å². The topological polar surface area (TPSA) is 15.3 Å². The van der Waals surface area contributed by atoms with Crippen LogP contribution in [0.15, 0.2) is 30.3 Å². The Morgan fingerprint density at radius 1 is 1.05 bits per heavy atom. The van der Waals surface area contributed by atoms with Crippen LogP contribution in [0.1, 0.15) is 46.0 Å². The van der Waals surface area contributed by atoms with Crippen molar-refractivity contribution in [2.24, 2.45) is 0 Å². The lowest BCUT2D eigenvalue weighted by molar-refractivity contribution is 0.441. The SMILES string of the molecule is CCCC(CCC)NCCCN(C)c1ccccc1. The van der Waals surface area contributed by atoms with Crippen LogP contribution >= 0.6 is 0 Å². The standard InChI is InChI=1S/C17H30N2/c1-4-10-16(11-5-2)18-14-9-15-19(3)17-12-7-6-8-13-17/h6-8,12-13,16,18H,4-5,9-11,14-15H2,1-3H3. The van der Waals surface area contributed by atoms with E-state index in [9.17, 15) is 0 Å². The normalized spacial score (nSPS) is 10.9. The van der Waals surface area contributed by atoms with Crippen LogP contribution in [-0.4, -0.2) is 26.2 Å². The molecule has 0 radical (unpaired) electrons. The molecule has 0 aromatic heterocycles. The Bertz CT molecular complexity index is 304. The lowest BCUT2D eigenvalue weighted by atomic mass is 10.1. The Morgan fingerprint density at radius 2 is 1.68 bits per heavy atom. The summed E-state index contributed by atoms with van der Waals surface area (Å²) < 4.78 is 0. The molecule has 1 aromatic carbocycles. The van der Waals surface area contributed by atoms with Crippen LogP contribution in [0.25, 0.3) is 0 Å². The van der Waals surface area contributed by atoms with Gasteiger partial charge in [-0.3, -0.25) is 0 Å². The van der Waals surface area contributed by atoms with Gasteiger partial charge < -0.3 is 10.2 Å². The molecule has 0 atom stereocenters. The van der Waals surface area contributed by atoms with Gasteiger partial charge in [-0.25, -0.2) is 0 Å². The van der Waals surface area contributed by atoms with E-state index in [1.54, 1.807) is 0 Å². The quantitative estimate of drug-likeness (QED) is 0.639. The predicted molar refractivity (Wildman–Crippen MR) is 85.9 cm³/mol. The van der Waals surface area contributed by atoms with E-state index in [-0.39, 0.29) is 0 Å². The summed E-state index contributed by atoms with van der Waals surface area (Å²) in [6, 6.07) is 11.3. The van der Waals surface area contributed by atoms with Crippen molar-refractivity contribution in [3.63, 3.8) is 0 Å². The van der Waals surface area contributed by atoms with Gasteiger partial charge in [-0.05, 0) is 37.9 Å². The van der Waals surface area contributed by atoms with Gasteiger partial charge >= 0.3 is 0 Å². The number of rotatable bonds is 10. The van der Waals surface area contributed by atoms with E-state index in [0.717, 1.165) is 19.1 Å². The molecule has 0 aliphatic carbocycles. The molecule has 1 N–H and O–H groups in total. The van der Waals surface area contributed by atoms with Gasteiger partial charge in [0.1, 0.15) is 0 Å². The fourth-order valence-electron chi connectivity index (χ4n) is 2.48. The highest BCUT2D eigenvalue weighted by atomic mass is 15.1. The van der Waals surface area contributed by atoms with Crippen LogP contribution in [-0.2, 0) is 0 Å². The lowest BCUT2D eigenvalue weighted by Crippen LogP contribution is -2.31. The Kier molecular flexibility index (Phi) is 8.31. The predicted octanol–water partition coefficient (Wildman–Crippen LogP) is 4.07. The summed E-state index contributed by atoms with van der Waals surface area (Å²) in [7, 11) is 2.17. The van der Waals surface area contributed by atoms with Crippen LogP contribution in [0.4, 0.5) is 5.69 Å². The van der Waals surface area contributed by atoms with Gasteiger partial charge in [0, 0.05) is 25.3 Å². The molecule has 1 aromatic rings. The molecular formula is C17H30N2. The van der Waals surface area contributed by atoms with Crippen molar-refractivity contribution >= 4 is 5.69 Å². The van der Waals surface area contributed by atoms with Gasteiger partial charge in [-0.2, -0.15) is 0 Å². The Hall–Kier alpha value is -1.02. The van der Waals surface area contributed by atoms with Gasteiger partial charge in [0.25, 0.3) is 0 Å². The average molecular weight is 262 g/mol. The molecule has 0 fully saturated rings. The zero-order valence-electron chi connectivity index (χ0n) is 12.9. The number of anilines is 1. The molecule has 0 amide bonds. The molecule has 0 bridgehead atoms. The Balaban J connectivity index is 2.19. The second kappa shape index (κ2) is 9.85. The summed E-state index contributed by atoms with van der Waals surface area (Å²) in [6.07, 6.45) is 6.38. The Labute approximate surface area is 119 Å². The zero-order valence-corrected chi connectivity index (χ0v) is 12.9. The smallest absolute Gasteiger partial charge is 0.0363 e. The van der Waals surface area contributed by atoms with E-state index >= 15 is 0 Å². The molecule has 2 heteroatoms. The maximum absolute atomic E-state index is 3.70. The molecule has 0 saturated heterocycles. The van der Waals surface area contributed by atoms with E-state index in [1.807, 2.05) is 0 Å². The molecule has 2 nitrogen and oxygen atoms in total. The fraction of sp³-hybridized carbons (Fsp3) is 0.647. The number of nitrogens with zero attached hydrogens (tertiary/aromatic N) is 1.